The third-order valence-electron chi connectivity index (χ3n) is 3.72. The van der Waals surface area contributed by atoms with Crippen LogP contribution in [0.1, 0.15) is 47.7 Å². The summed E-state index contributed by atoms with van der Waals surface area (Å²) in [4.78, 5) is 12.3. The van der Waals surface area contributed by atoms with Crippen LogP contribution in [0, 0.1) is 6.92 Å². The summed E-state index contributed by atoms with van der Waals surface area (Å²) in [5.74, 6) is 0.447. The first-order chi connectivity index (χ1) is 10.0. The number of hydrogen-bond acceptors (Lipinski definition) is 1. The van der Waals surface area contributed by atoms with Gasteiger partial charge in [0, 0.05) is 10.2 Å². The number of nitrogens with one attached hydrogen (secondary N) is 1. The monoisotopic (exact) mass is 345 g/mol. The van der Waals surface area contributed by atoms with Gasteiger partial charge in [0.15, 0.2) is 0 Å². The zero-order chi connectivity index (χ0) is 15.4. The van der Waals surface area contributed by atoms with E-state index in [1.165, 1.54) is 5.56 Å². The van der Waals surface area contributed by atoms with Gasteiger partial charge >= 0.3 is 0 Å². The van der Waals surface area contributed by atoms with Gasteiger partial charge < -0.3 is 5.32 Å². The maximum absolute atomic E-state index is 12.3. The predicted octanol–water partition coefficient (Wildman–Crippen LogP) is 5.52. The largest absolute Gasteiger partial charge is 0.322 e. The Balaban J connectivity index is 2.14. The SMILES string of the molecule is CCC(C)c1ccc(NC(=O)c2cc(C)ccc2Br)cc1. The first-order valence-corrected chi connectivity index (χ1v) is 7.98. The molecule has 0 bridgehead atoms. The average Bonchev–Trinajstić information content (AvgIpc) is 2.49. The lowest BCUT2D eigenvalue weighted by atomic mass is 9.98. The molecular weight excluding hydrogens is 326 g/mol. The van der Waals surface area contributed by atoms with Gasteiger partial charge in [-0.3, -0.25) is 4.79 Å². The molecule has 0 radical (unpaired) electrons. The topological polar surface area (TPSA) is 29.1 Å². The highest BCUT2D eigenvalue weighted by molar-refractivity contribution is 9.10. The van der Waals surface area contributed by atoms with Crippen LogP contribution in [0.5, 0.6) is 0 Å². The Morgan fingerprint density at radius 2 is 1.86 bits per heavy atom. The number of carbonyl (C=O) groups excluding carboxylic acids is 1. The van der Waals surface area contributed by atoms with Crippen LogP contribution in [0.15, 0.2) is 46.9 Å². The molecule has 2 aromatic carbocycles. The molecule has 0 aliphatic rings. The van der Waals surface area contributed by atoms with E-state index in [1.807, 2.05) is 37.3 Å². The zero-order valence-corrected chi connectivity index (χ0v) is 14.2. The summed E-state index contributed by atoms with van der Waals surface area (Å²) in [7, 11) is 0. The summed E-state index contributed by atoms with van der Waals surface area (Å²) in [5.41, 5.74) is 3.84. The van der Waals surface area contributed by atoms with Crippen LogP contribution in [0.25, 0.3) is 0 Å². The van der Waals surface area contributed by atoms with Crippen molar-refractivity contribution in [1.82, 2.24) is 0 Å². The lowest BCUT2D eigenvalue weighted by Crippen LogP contribution is -2.12. The fourth-order valence-electron chi connectivity index (χ4n) is 2.14. The molecule has 1 atom stereocenters. The molecule has 0 fully saturated rings. The lowest BCUT2D eigenvalue weighted by Gasteiger charge is -2.11. The Morgan fingerprint density at radius 1 is 1.19 bits per heavy atom. The van der Waals surface area contributed by atoms with Crippen LogP contribution in [0.4, 0.5) is 5.69 Å². The van der Waals surface area contributed by atoms with Gasteiger partial charge in [-0.2, -0.15) is 0 Å². The van der Waals surface area contributed by atoms with E-state index in [0.717, 1.165) is 22.1 Å². The van der Waals surface area contributed by atoms with Crippen molar-refractivity contribution in [2.45, 2.75) is 33.1 Å². The second-order valence-corrected chi connectivity index (χ2v) is 6.22. The second-order valence-electron chi connectivity index (χ2n) is 5.37. The number of benzene rings is 2. The third-order valence-corrected chi connectivity index (χ3v) is 4.41. The highest BCUT2D eigenvalue weighted by Crippen LogP contribution is 2.22. The maximum Gasteiger partial charge on any atom is 0.256 e. The minimum Gasteiger partial charge on any atom is -0.322 e. The fourth-order valence-corrected chi connectivity index (χ4v) is 2.57. The Labute approximate surface area is 134 Å². The summed E-state index contributed by atoms with van der Waals surface area (Å²) in [5, 5.41) is 2.94. The number of halogens is 1. The van der Waals surface area contributed by atoms with Crippen molar-refractivity contribution >= 4 is 27.5 Å². The molecule has 110 valence electrons. The molecule has 0 heterocycles. The van der Waals surface area contributed by atoms with Crippen molar-refractivity contribution in [2.24, 2.45) is 0 Å². The molecule has 21 heavy (non-hydrogen) atoms. The van der Waals surface area contributed by atoms with Crippen molar-refractivity contribution in [1.29, 1.82) is 0 Å². The van der Waals surface area contributed by atoms with Gasteiger partial charge in [0.25, 0.3) is 5.91 Å². The van der Waals surface area contributed by atoms with Crippen molar-refractivity contribution in [3.63, 3.8) is 0 Å². The summed E-state index contributed by atoms with van der Waals surface area (Å²) in [6.45, 7) is 6.36. The molecule has 0 saturated carbocycles. The molecule has 1 unspecified atom stereocenters. The van der Waals surface area contributed by atoms with Crippen molar-refractivity contribution in [3.8, 4) is 0 Å². The first kappa shape index (κ1) is 15.8. The van der Waals surface area contributed by atoms with Crippen LogP contribution in [-0.4, -0.2) is 5.91 Å². The maximum atomic E-state index is 12.3. The van der Waals surface area contributed by atoms with E-state index >= 15 is 0 Å². The average molecular weight is 346 g/mol. The van der Waals surface area contributed by atoms with Gasteiger partial charge in [0.05, 0.1) is 5.56 Å². The summed E-state index contributed by atoms with van der Waals surface area (Å²) < 4.78 is 0.807. The van der Waals surface area contributed by atoms with Gasteiger partial charge in [0.1, 0.15) is 0 Å². The van der Waals surface area contributed by atoms with Crippen molar-refractivity contribution < 1.29 is 4.79 Å². The van der Waals surface area contributed by atoms with Gasteiger partial charge in [0.2, 0.25) is 0 Å². The summed E-state index contributed by atoms with van der Waals surface area (Å²) >= 11 is 3.42. The molecule has 2 rings (SSSR count). The molecule has 0 aliphatic heterocycles. The Morgan fingerprint density at radius 3 is 2.48 bits per heavy atom. The van der Waals surface area contributed by atoms with E-state index in [0.29, 0.717) is 11.5 Å². The molecule has 3 heteroatoms. The molecule has 0 spiro atoms. The highest BCUT2D eigenvalue weighted by atomic mass is 79.9. The molecule has 1 N–H and O–H groups in total. The van der Waals surface area contributed by atoms with Crippen LogP contribution in [0.2, 0.25) is 0 Å². The standard InChI is InChI=1S/C18H20BrNO/c1-4-13(3)14-6-8-15(9-7-14)20-18(21)16-11-12(2)5-10-17(16)19/h5-11,13H,4H2,1-3H3,(H,20,21). The number of hydrogen-bond donors (Lipinski definition) is 1. The van der Waals surface area contributed by atoms with Crippen LogP contribution >= 0.6 is 15.9 Å². The minimum atomic E-state index is -0.0955. The van der Waals surface area contributed by atoms with E-state index in [1.54, 1.807) is 0 Å². The minimum absolute atomic E-state index is 0.0955. The highest BCUT2D eigenvalue weighted by Gasteiger charge is 2.11. The van der Waals surface area contributed by atoms with E-state index in [4.69, 9.17) is 0 Å². The van der Waals surface area contributed by atoms with E-state index in [9.17, 15) is 4.79 Å². The van der Waals surface area contributed by atoms with Crippen LogP contribution < -0.4 is 5.32 Å². The van der Waals surface area contributed by atoms with Crippen molar-refractivity contribution in [2.75, 3.05) is 5.32 Å². The van der Waals surface area contributed by atoms with Crippen molar-refractivity contribution in [3.05, 3.63) is 63.6 Å². The molecule has 2 nitrogen and oxygen atoms in total. The number of rotatable bonds is 4. The Kier molecular flexibility index (Phi) is 5.18. The number of aryl methyl sites for hydroxylation is 1. The van der Waals surface area contributed by atoms with Gasteiger partial charge in [-0.15, -0.1) is 0 Å². The quantitative estimate of drug-likeness (QED) is 0.776. The molecule has 1 amide bonds. The lowest BCUT2D eigenvalue weighted by molar-refractivity contribution is 0.102. The number of anilines is 1. The summed E-state index contributed by atoms with van der Waals surface area (Å²) in [6, 6.07) is 13.8. The molecule has 0 saturated heterocycles. The van der Waals surface area contributed by atoms with E-state index < -0.39 is 0 Å². The predicted molar refractivity (Wildman–Crippen MR) is 92.0 cm³/mol. The normalized spacial score (nSPS) is 12.0. The Bertz CT molecular complexity index is 634. The summed E-state index contributed by atoms with van der Waals surface area (Å²) in [6.07, 6.45) is 1.11. The van der Waals surface area contributed by atoms with Crippen LogP contribution in [-0.2, 0) is 0 Å². The second kappa shape index (κ2) is 6.90. The Hall–Kier alpha value is -1.61. The number of amides is 1. The van der Waals surface area contributed by atoms with E-state index in [2.05, 4.69) is 47.2 Å². The third kappa shape index (κ3) is 3.94. The molecule has 0 aromatic heterocycles. The molecular formula is C18H20BrNO. The molecule has 2 aromatic rings. The zero-order valence-electron chi connectivity index (χ0n) is 12.6. The van der Waals surface area contributed by atoms with Gasteiger partial charge in [-0.25, -0.2) is 0 Å². The van der Waals surface area contributed by atoms with E-state index in [-0.39, 0.29) is 5.91 Å². The smallest absolute Gasteiger partial charge is 0.256 e. The molecule has 0 aliphatic carbocycles. The fraction of sp³-hybridized carbons (Fsp3) is 0.278. The number of carbonyl (C=O) groups is 1. The van der Waals surface area contributed by atoms with Gasteiger partial charge in [-0.1, -0.05) is 37.6 Å². The first-order valence-electron chi connectivity index (χ1n) is 7.18. The van der Waals surface area contributed by atoms with Crippen LogP contribution in [0.3, 0.4) is 0 Å². The van der Waals surface area contributed by atoms with Gasteiger partial charge in [-0.05, 0) is 65.0 Å².